The van der Waals surface area contributed by atoms with Crippen molar-refractivity contribution in [3.63, 3.8) is 0 Å². The van der Waals surface area contributed by atoms with Crippen molar-refractivity contribution in [2.45, 2.75) is 6.92 Å². The fourth-order valence-electron chi connectivity index (χ4n) is 0.700. The third-order valence-electron chi connectivity index (χ3n) is 1.31. The summed E-state index contributed by atoms with van der Waals surface area (Å²) >= 11 is 11.4. The molecule has 0 amide bonds. The molecule has 1 aliphatic rings. The Hall–Kier alpha value is -0.730. The van der Waals surface area contributed by atoms with Gasteiger partial charge in [-0.3, -0.25) is 0 Å². The van der Waals surface area contributed by atoms with Gasteiger partial charge in [0, 0.05) is 6.20 Å². The second-order valence-electron chi connectivity index (χ2n) is 2.40. The Morgan fingerprint density at radius 2 is 2.25 bits per heavy atom. The summed E-state index contributed by atoms with van der Waals surface area (Å²) in [6.07, 6.45) is 3.34. The highest BCUT2D eigenvalue weighted by atomic mass is 35.5. The smallest absolute Gasteiger partial charge is 0.201 e. The van der Waals surface area contributed by atoms with Crippen LogP contribution in [0, 0.1) is 0 Å². The van der Waals surface area contributed by atoms with E-state index in [0.29, 0.717) is 5.16 Å². The summed E-state index contributed by atoms with van der Waals surface area (Å²) in [5, 5.41) is 3.37. The molecule has 0 aliphatic carbocycles. The number of allylic oxidation sites excluding steroid dienone is 3. The lowest BCUT2D eigenvalue weighted by Gasteiger charge is -1.98. The molecule has 0 unspecified atom stereocenters. The summed E-state index contributed by atoms with van der Waals surface area (Å²) in [6, 6.07) is 0. The standard InChI is InChI=1S/C8H8Cl2N2/c1-5(2)6-3-7(9)12-8(10)11-4-6/h3-4H,1H2,2H3,(H,11,12). The molecule has 0 radical (unpaired) electrons. The molecule has 0 saturated heterocycles. The Labute approximate surface area is 81.3 Å². The number of hydrogen-bond donors (Lipinski definition) is 1. The van der Waals surface area contributed by atoms with E-state index in [1.54, 1.807) is 12.3 Å². The van der Waals surface area contributed by atoms with Crippen LogP contribution in [0.5, 0.6) is 0 Å². The zero-order chi connectivity index (χ0) is 9.14. The molecular weight excluding hydrogens is 195 g/mol. The molecule has 1 N–H and O–H groups in total. The first kappa shape index (κ1) is 9.36. The molecule has 2 nitrogen and oxygen atoms in total. The maximum Gasteiger partial charge on any atom is 0.201 e. The minimum Gasteiger partial charge on any atom is -0.321 e. The quantitative estimate of drug-likeness (QED) is 0.651. The van der Waals surface area contributed by atoms with Crippen molar-refractivity contribution in [1.29, 1.82) is 0 Å². The van der Waals surface area contributed by atoms with Crippen LogP contribution in [0.1, 0.15) is 6.92 Å². The van der Waals surface area contributed by atoms with E-state index in [1.807, 2.05) is 6.92 Å². The molecule has 64 valence electrons. The van der Waals surface area contributed by atoms with Crippen LogP contribution in [0.15, 0.2) is 40.1 Å². The Morgan fingerprint density at radius 3 is 2.83 bits per heavy atom. The number of nitrogens with one attached hydrogen (secondary N) is 1. The fraction of sp³-hybridized carbons (Fsp3) is 0.125. The van der Waals surface area contributed by atoms with Gasteiger partial charge in [0.15, 0.2) is 0 Å². The normalized spacial score (nSPS) is 16.8. The minimum absolute atomic E-state index is 0.257. The molecule has 0 saturated carbocycles. The first-order chi connectivity index (χ1) is 5.59. The van der Waals surface area contributed by atoms with Gasteiger partial charge in [0.05, 0.1) is 0 Å². The summed E-state index contributed by atoms with van der Waals surface area (Å²) in [5.41, 5.74) is 1.76. The summed E-state index contributed by atoms with van der Waals surface area (Å²) in [5.74, 6) is 0. The molecular formula is C8H8Cl2N2. The third kappa shape index (κ3) is 2.40. The van der Waals surface area contributed by atoms with Crippen molar-refractivity contribution in [2.24, 2.45) is 4.99 Å². The molecule has 0 spiro atoms. The molecule has 1 rings (SSSR count). The molecule has 1 aliphatic heterocycles. The van der Waals surface area contributed by atoms with Crippen molar-refractivity contribution in [3.05, 3.63) is 35.2 Å². The first-order valence-corrected chi connectivity index (χ1v) is 4.09. The maximum atomic E-state index is 5.76. The van der Waals surface area contributed by atoms with Gasteiger partial charge in [0.1, 0.15) is 5.16 Å². The highest BCUT2D eigenvalue weighted by Crippen LogP contribution is 2.15. The van der Waals surface area contributed by atoms with Crippen molar-refractivity contribution in [1.82, 2.24) is 5.32 Å². The molecule has 0 fully saturated rings. The van der Waals surface area contributed by atoms with Crippen LogP contribution < -0.4 is 5.32 Å². The number of halogens is 2. The number of rotatable bonds is 1. The Morgan fingerprint density at radius 1 is 1.58 bits per heavy atom. The number of nitrogens with zero attached hydrogens (tertiary/aromatic N) is 1. The van der Waals surface area contributed by atoms with Gasteiger partial charge in [0.2, 0.25) is 5.29 Å². The van der Waals surface area contributed by atoms with Gasteiger partial charge >= 0.3 is 0 Å². The molecule has 0 bridgehead atoms. The predicted molar refractivity (Wildman–Crippen MR) is 53.3 cm³/mol. The van der Waals surface area contributed by atoms with Crippen LogP contribution >= 0.6 is 23.2 Å². The van der Waals surface area contributed by atoms with Crippen LogP contribution in [0.4, 0.5) is 0 Å². The van der Waals surface area contributed by atoms with Crippen LogP contribution in [0.3, 0.4) is 0 Å². The van der Waals surface area contributed by atoms with E-state index >= 15 is 0 Å². The monoisotopic (exact) mass is 202 g/mol. The van der Waals surface area contributed by atoms with E-state index in [1.165, 1.54) is 0 Å². The largest absolute Gasteiger partial charge is 0.321 e. The van der Waals surface area contributed by atoms with Gasteiger partial charge in [-0.15, -0.1) is 0 Å². The SMILES string of the molecule is C=C(C)C1=CN=C(Cl)NC(Cl)=C1. The first-order valence-electron chi connectivity index (χ1n) is 3.33. The number of hydrogen-bond acceptors (Lipinski definition) is 2. The van der Waals surface area contributed by atoms with Gasteiger partial charge in [0.25, 0.3) is 0 Å². The third-order valence-corrected chi connectivity index (χ3v) is 1.71. The van der Waals surface area contributed by atoms with E-state index in [0.717, 1.165) is 11.1 Å². The molecule has 0 aromatic heterocycles. The second-order valence-corrected chi connectivity index (χ2v) is 3.17. The number of amidine groups is 1. The summed E-state index contributed by atoms with van der Waals surface area (Å²) in [4.78, 5) is 3.89. The fourth-order valence-corrected chi connectivity index (χ4v) is 1.11. The Bertz CT molecular complexity index is 300. The molecule has 0 atom stereocenters. The van der Waals surface area contributed by atoms with Gasteiger partial charge in [-0.25, -0.2) is 4.99 Å². The zero-order valence-corrected chi connectivity index (χ0v) is 8.08. The average molecular weight is 203 g/mol. The number of aliphatic imine (C=N–C) groups is 1. The van der Waals surface area contributed by atoms with Crippen LogP contribution in [-0.4, -0.2) is 5.29 Å². The van der Waals surface area contributed by atoms with E-state index < -0.39 is 0 Å². The van der Waals surface area contributed by atoms with E-state index in [9.17, 15) is 0 Å². The topological polar surface area (TPSA) is 24.4 Å². The van der Waals surface area contributed by atoms with Crippen molar-refractivity contribution < 1.29 is 0 Å². The highest BCUT2D eigenvalue weighted by molar-refractivity contribution is 6.65. The summed E-state index contributed by atoms with van der Waals surface area (Å²) in [7, 11) is 0. The van der Waals surface area contributed by atoms with E-state index in [-0.39, 0.29) is 5.29 Å². The van der Waals surface area contributed by atoms with E-state index in [2.05, 4.69) is 16.9 Å². The van der Waals surface area contributed by atoms with E-state index in [4.69, 9.17) is 23.2 Å². The molecule has 4 heteroatoms. The summed E-state index contributed by atoms with van der Waals surface area (Å²) in [6.45, 7) is 5.64. The van der Waals surface area contributed by atoms with Crippen LogP contribution in [0.2, 0.25) is 0 Å². The lowest BCUT2D eigenvalue weighted by Crippen LogP contribution is -2.12. The zero-order valence-electron chi connectivity index (χ0n) is 6.56. The molecule has 1 heterocycles. The van der Waals surface area contributed by atoms with Gasteiger partial charge < -0.3 is 5.32 Å². The molecule has 12 heavy (non-hydrogen) atoms. The van der Waals surface area contributed by atoms with Gasteiger partial charge in [-0.2, -0.15) is 0 Å². The van der Waals surface area contributed by atoms with Gasteiger partial charge in [-0.05, 0) is 35.7 Å². The highest BCUT2D eigenvalue weighted by Gasteiger charge is 2.03. The van der Waals surface area contributed by atoms with Crippen molar-refractivity contribution in [2.75, 3.05) is 0 Å². The average Bonchev–Trinajstić information content (AvgIpc) is 2.11. The lowest BCUT2D eigenvalue weighted by atomic mass is 10.1. The minimum atomic E-state index is 0.257. The Kier molecular flexibility index (Phi) is 2.95. The van der Waals surface area contributed by atoms with Crippen molar-refractivity contribution in [3.8, 4) is 0 Å². The van der Waals surface area contributed by atoms with Crippen LogP contribution in [-0.2, 0) is 0 Å². The molecule has 0 aromatic rings. The lowest BCUT2D eigenvalue weighted by molar-refractivity contribution is 1.26. The Balaban J connectivity index is 3.01. The predicted octanol–water partition coefficient (Wildman–Crippen LogP) is 2.72. The van der Waals surface area contributed by atoms with Crippen LogP contribution in [0.25, 0.3) is 0 Å². The second kappa shape index (κ2) is 3.78. The van der Waals surface area contributed by atoms with Gasteiger partial charge in [-0.1, -0.05) is 18.2 Å². The molecule has 0 aromatic carbocycles. The maximum absolute atomic E-state index is 5.76. The summed E-state index contributed by atoms with van der Waals surface area (Å²) < 4.78 is 0. The van der Waals surface area contributed by atoms with Crippen molar-refractivity contribution >= 4 is 28.5 Å².